The van der Waals surface area contributed by atoms with Crippen LogP contribution in [-0.4, -0.2) is 27.1 Å². The maximum absolute atomic E-state index is 12.9. The van der Waals surface area contributed by atoms with Gasteiger partial charge in [0, 0.05) is 23.4 Å². The van der Waals surface area contributed by atoms with Crippen LogP contribution >= 0.6 is 0 Å². The first-order chi connectivity index (χ1) is 8.65. The lowest BCUT2D eigenvalue weighted by Gasteiger charge is -2.07. The number of halogens is 1. The van der Waals surface area contributed by atoms with Crippen LogP contribution in [0.2, 0.25) is 0 Å². The van der Waals surface area contributed by atoms with Gasteiger partial charge in [-0.15, -0.1) is 0 Å². The number of ether oxygens (including phenoxy) is 1. The van der Waals surface area contributed by atoms with Crippen molar-refractivity contribution in [1.29, 1.82) is 0 Å². The van der Waals surface area contributed by atoms with Crippen molar-refractivity contribution in [2.75, 3.05) is 0 Å². The summed E-state index contributed by atoms with van der Waals surface area (Å²) in [4.78, 5) is 7.49. The minimum atomic E-state index is -1.60. The zero-order valence-electron chi connectivity index (χ0n) is 9.32. The van der Waals surface area contributed by atoms with Crippen LogP contribution < -0.4 is 10.2 Å². The van der Waals surface area contributed by atoms with Crippen molar-refractivity contribution in [3.8, 4) is 5.75 Å². The van der Waals surface area contributed by atoms with Gasteiger partial charge < -0.3 is 14.8 Å². The van der Waals surface area contributed by atoms with Crippen molar-refractivity contribution < 1.29 is 19.2 Å². The molecule has 2 aromatic rings. The molecule has 0 bridgehead atoms. The Morgan fingerprint density at radius 1 is 1.11 bits per heavy atom. The van der Waals surface area contributed by atoms with Crippen LogP contribution in [0, 0.1) is 5.82 Å². The van der Waals surface area contributed by atoms with Crippen molar-refractivity contribution in [1.82, 2.24) is 9.97 Å². The number of aromatic nitrogens is 2. The summed E-state index contributed by atoms with van der Waals surface area (Å²) in [6, 6.07) is 2.76. The number of hydrogen-bond acceptors (Lipinski definition) is 5. The SMILES string of the molecule is OB(O)c1cncc(OCc2cncc(F)c2)c1. The van der Waals surface area contributed by atoms with Crippen molar-refractivity contribution in [3.63, 3.8) is 0 Å². The lowest BCUT2D eigenvalue weighted by Crippen LogP contribution is -2.30. The molecule has 5 nitrogen and oxygen atoms in total. The van der Waals surface area contributed by atoms with E-state index in [-0.39, 0.29) is 12.1 Å². The fraction of sp³-hybridized carbons (Fsp3) is 0.0909. The van der Waals surface area contributed by atoms with Gasteiger partial charge in [0.15, 0.2) is 0 Å². The van der Waals surface area contributed by atoms with E-state index >= 15 is 0 Å². The van der Waals surface area contributed by atoms with Gasteiger partial charge >= 0.3 is 7.12 Å². The van der Waals surface area contributed by atoms with E-state index in [4.69, 9.17) is 14.8 Å². The molecule has 0 amide bonds. The maximum Gasteiger partial charge on any atom is 0.490 e. The van der Waals surface area contributed by atoms with Gasteiger partial charge in [0.05, 0.1) is 12.4 Å². The van der Waals surface area contributed by atoms with E-state index in [1.165, 1.54) is 30.7 Å². The topological polar surface area (TPSA) is 75.5 Å². The van der Waals surface area contributed by atoms with Crippen LogP contribution in [0.1, 0.15) is 5.56 Å². The highest BCUT2D eigenvalue weighted by molar-refractivity contribution is 6.58. The molecular weight excluding hydrogens is 238 g/mol. The van der Waals surface area contributed by atoms with E-state index in [1.54, 1.807) is 0 Å². The normalized spacial score (nSPS) is 10.2. The Labute approximate surface area is 103 Å². The van der Waals surface area contributed by atoms with Crippen LogP contribution in [0.4, 0.5) is 4.39 Å². The summed E-state index contributed by atoms with van der Waals surface area (Å²) in [6.07, 6.45) is 5.34. The molecule has 0 aliphatic carbocycles. The molecule has 7 heteroatoms. The molecule has 0 aromatic carbocycles. The first-order valence-corrected chi connectivity index (χ1v) is 5.18. The fourth-order valence-corrected chi connectivity index (χ4v) is 1.36. The third kappa shape index (κ3) is 3.25. The summed E-state index contributed by atoms with van der Waals surface area (Å²) < 4.78 is 18.2. The molecule has 0 saturated carbocycles. The molecular formula is C11H10BFN2O3. The van der Waals surface area contributed by atoms with E-state index in [9.17, 15) is 4.39 Å². The molecule has 0 aliphatic heterocycles. The maximum atomic E-state index is 12.9. The Balaban J connectivity index is 2.04. The van der Waals surface area contributed by atoms with Crippen molar-refractivity contribution in [2.24, 2.45) is 0 Å². The Bertz CT molecular complexity index is 539. The second kappa shape index (κ2) is 5.57. The number of hydrogen-bond donors (Lipinski definition) is 2. The lowest BCUT2D eigenvalue weighted by atomic mass is 9.82. The zero-order chi connectivity index (χ0) is 13.0. The van der Waals surface area contributed by atoms with E-state index in [0.29, 0.717) is 11.3 Å². The fourth-order valence-electron chi connectivity index (χ4n) is 1.36. The standard InChI is InChI=1S/C11H10BFN2O3/c13-10-1-8(3-14-5-10)7-18-11-2-9(12(16)17)4-15-6-11/h1-6,16-17H,7H2. The average molecular weight is 248 g/mol. The molecule has 0 atom stereocenters. The minimum absolute atomic E-state index is 0.122. The van der Waals surface area contributed by atoms with Crippen LogP contribution in [-0.2, 0) is 6.61 Å². The number of pyridine rings is 2. The van der Waals surface area contributed by atoms with Gasteiger partial charge in [-0.1, -0.05) is 0 Å². The van der Waals surface area contributed by atoms with Gasteiger partial charge in [-0.25, -0.2) is 4.39 Å². The Morgan fingerprint density at radius 2 is 1.89 bits per heavy atom. The van der Waals surface area contributed by atoms with Gasteiger partial charge in [0.2, 0.25) is 0 Å². The van der Waals surface area contributed by atoms with Crippen LogP contribution in [0.15, 0.2) is 36.9 Å². The van der Waals surface area contributed by atoms with Crippen LogP contribution in [0.3, 0.4) is 0 Å². The lowest BCUT2D eigenvalue weighted by molar-refractivity contribution is 0.304. The van der Waals surface area contributed by atoms with E-state index in [2.05, 4.69) is 9.97 Å². The summed E-state index contributed by atoms with van der Waals surface area (Å²) in [7, 11) is -1.60. The molecule has 2 heterocycles. The summed E-state index contributed by atoms with van der Waals surface area (Å²) in [5.41, 5.74) is 0.801. The van der Waals surface area contributed by atoms with E-state index in [1.807, 2.05) is 0 Å². The number of nitrogens with zero attached hydrogens (tertiary/aromatic N) is 2. The average Bonchev–Trinajstić information content (AvgIpc) is 2.37. The van der Waals surface area contributed by atoms with Gasteiger partial charge in [-0.05, 0) is 12.1 Å². The molecule has 0 fully saturated rings. The molecule has 18 heavy (non-hydrogen) atoms. The van der Waals surface area contributed by atoms with Gasteiger partial charge in [-0.3, -0.25) is 9.97 Å². The van der Waals surface area contributed by atoms with E-state index < -0.39 is 12.9 Å². The first kappa shape index (κ1) is 12.5. The molecule has 0 saturated heterocycles. The molecule has 92 valence electrons. The molecule has 0 spiro atoms. The molecule has 0 aliphatic rings. The predicted octanol–water partition coefficient (Wildman–Crippen LogP) is -0.126. The highest BCUT2D eigenvalue weighted by atomic mass is 19.1. The monoisotopic (exact) mass is 248 g/mol. The second-order valence-electron chi connectivity index (χ2n) is 3.63. The Kier molecular flexibility index (Phi) is 3.86. The van der Waals surface area contributed by atoms with Crippen molar-refractivity contribution in [3.05, 3.63) is 48.3 Å². The molecule has 2 aromatic heterocycles. The third-order valence-electron chi connectivity index (χ3n) is 2.20. The minimum Gasteiger partial charge on any atom is -0.487 e. The Morgan fingerprint density at radius 3 is 2.61 bits per heavy atom. The summed E-state index contributed by atoms with van der Waals surface area (Å²) in [5.74, 6) is -0.0707. The first-order valence-electron chi connectivity index (χ1n) is 5.18. The molecule has 0 unspecified atom stereocenters. The second-order valence-corrected chi connectivity index (χ2v) is 3.63. The van der Waals surface area contributed by atoms with Gasteiger partial charge in [0.25, 0.3) is 0 Å². The largest absolute Gasteiger partial charge is 0.490 e. The third-order valence-corrected chi connectivity index (χ3v) is 2.20. The highest BCUT2D eigenvalue weighted by Crippen LogP contribution is 2.09. The molecule has 0 radical (unpaired) electrons. The van der Waals surface area contributed by atoms with Crippen LogP contribution in [0.5, 0.6) is 5.75 Å². The van der Waals surface area contributed by atoms with Gasteiger partial charge in [-0.2, -0.15) is 0 Å². The van der Waals surface area contributed by atoms with E-state index in [0.717, 1.165) is 6.20 Å². The molecule has 2 N–H and O–H groups in total. The van der Waals surface area contributed by atoms with Crippen molar-refractivity contribution in [2.45, 2.75) is 6.61 Å². The smallest absolute Gasteiger partial charge is 0.487 e. The summed E-state index contributed by atoms with van der Waals surface area (Å²) in [5, 5.41) is 17.9. The predicted molar refractivity (Wildman–Crippen MR) is 62.6 cm³/mol. The van der Waals surface area contributed by atoms with Crippen molar-refractivity contribution >= 4 is 12.6 Å². The number of rotatable bonds is 4. The van der Waals surface area contributed by atoms with Gasteiger partial charge in [0.1, 0.15) is 18.2 Å². The Hall–Kier alpha value is -1.99. The van der Waals surface area contributed by atoms with Crippen LogP contribution in [0.25, 0.3) is 0 Å². The summed E-state index contributed by atoms with van der Waals surface area (Å²) >= 11 is 0. The zero-order valence-corrected chi connectivity index (χ0v) is 9.32. The quantitative estimate of drug-likeness (QED) is 0.737. The highest BCUT2D eigenvalue weighted by Gasteiger charge is 2.12. The summed E-state index contributed by atoms with van der Waals surface area (Å²) in [6.45, 7) is 0.122. The molecule has 2 rings (SSSR count).